The maximum atomic E-state index is 14.2. The highest BCUT2D eigenvalue weighted by Gasteiger charge is 2.39. The van der Waals surface area contributed by atoms with Crippen LogP contribution in [0.2, 0.25) is 0 Å². The average Bonchev–Trinajstić information content (AvgIpc) is 3.88. The molecule has 4 aromatic carbocycles. The third-order valence-electron chi connectivity index (χ3n) is 13.3. The number of benzene rings is 4. The Hall–Kier alpha value is -8.41. The van der Waals surface area contributed by atoms with Crippen molar-refractivity contribution in [2.75, 3.05) is 43.4 Å². The lowest BCUT2D eigenvalue weighted by Gasteiger charge is -2.24. The smallest absolute Gasteiger partial charge is 0.305 e. The Morgan fingerprint density at radius 1 is 0.797 bits per heavy atom. The highest BCUT2D eigenvalue weighted by molar-refractivity contribution is 6.15. The van der Waals surface area contributed by atoms with E-state index < -0.39 is 23.9 Å². The van der Waals surface area contributed by atoms with Gasteiger partial charge in [0, 0.05) is 61.2 Å². The highest BCUT2D eigenvalue weighted by atomic mass is 16.5. The van der Waals surface area contributed by atoms with Crippen LogP contribution in [0.3, 0.4) is 0 Å². The second kappa shape index (κ2) is 23.0. The molecule has 4 atom stereocenters. The predicted molar refractivity (Wildman–Crippen MR) is 279 cm³/mol. The monoisotopic (exact) mass is 1010 g/mol. The lowest BCUT2D eigenvalue weighted by Crippen LogP contribution is -2.50. The van der Waals surface area contributed by atoms with Gasteiger partial charge in [-0.2, -0.15) is 0 Å². The molecule has 4 aromatic rings. The Bertz CT molecular complexity index is 2980. The molecule has 4 aliphatic rings. The average molecular weight is 1010 g/mol. The van der Waals surface area contributed by atoms with E-state index in [9.17, 15) is 28.8 Å². The summed E-state index contributed by atoms with van der Waals surface area (Å²) >= 11 is 0. The molecule has 18 nitrogen and oxygen atoms in total. The molecular weight excluding hydrogens is 947 g/mol. The van der Waals surface area contributed by atoms with Crippen molar-refractivity contribution in [3.05, 3.63) is 131 Å². The number of hydrogen-bond donors (Lipinski definition) is 4. The zero-order chi connectivity index (χ0) is 52.6. The van der Waals surface area contributed by atoms with Gasteiger partial charge in [-0.15, -0.1) is 0 Å². The first-order valence-corrected chi connectivity index (χ1v) is 24.5. The van der Waals surface area contributed by atoms with Gasteiger partial charge < -0.3 is 49.9 Å². The first kappa shape index (κ1) is 51.9. The van der Waals surface area contributed by atoms with Crippen LogP contribution in [0, 0.1) is 0 Å². The van der Waals surface area contributed by atoms with Crippen molar-refractivity contribution < 1.29 is 52.5 Å². The van der Waals surface area contributed by atoms with Crippen LogP contribution in [0.15, 0.2) is 108 Å². The van der Waals surface area contributed by atoms with Crippen molar-refractivity contribution in [2.45, 2.75) is 96.7 Å². The molecule has 0 saturated heterocycles. The molecule has 4 aliphatic heterocycles. The molecule has 0 aromatic heterocycles. The minimum atomic E-state index is -1.03. The standard InChI is InChI=1S/C56H61N7O11/c1-8-14-36-22-39-28-57-43-26-49(47(70-5)24-41(43)55(68)62(39)45(36)9-2)73-30-34-19-35(21-38(20-34)61-54(67)33(4)60-53(66)32(3)59-51(64)17-12-13-18-52(65)72-7)31-74-50-27-44-42(25-48(50)71-6)56(69)63-40(29-58-44)23-37-15-10-11-16-46(37)63/h8-11,14-16,19-21,24-27,29,32-33,39-40,57H,2,12-13,17-18,22-23,28,30-31H2,1,3-7H3,(H,59,64)(H,60,66)(H,61,67)/b14-8-/t32-,33-,39-,40-/m0/s1. The number of hydrogen-bond acceptors (Lipinski definition) is 13. The van der Waals surface area contributed by atoms with E-state index in [-0.39, 0.29) is 61.8 Å². The molecule has 0 fully saturated rings. The van der Waals surface area contributed by atoms with E-state index in [1.54, 1.807) is 58.5 Å². The van der Waals surface area contributed by atoms with Crippen LogP contribution < -0.4 is 45.1 Å². The zero-order valence-electron chi connectivity index (χ0n) is 42.4. The van der Waals surface area contributed by atoms with Gasteiger partial charge in [-0.1, -0.05) is 36.9 Å². The van der Waals surface area contributed by atoms with E-state index in [0.29, 0.717) is 94.5 Å². The molecule has 386 valence electrons. The number of carbonyl (C=O) groups is 6. The summed E-state index contributed by atoms with van der Waals surface area (Å²) in [5.41, 5.74) is 7.09. The van der Waals surface area contributed by atoms with Gasteiger partial charge in [-0.05, 0) is 105 Å². The quantitative estimate of drug-likeness (QED) is 0.0501. The molecule has 0 radical (unpaired) electrons. The van der Waals surface area contributed by atoms with Gasteiger partial charge in [0.25, 0.3) is 11.8 Å². The van der Waals surface area contributed by atoms with Crippen molar-refractivity contribution in [3.63, 3.8) is 0 Å². The summed E-state index contributed by atoms with van der Waals surface area (Å²) in [5.74, 6) is -0.895. The van der Waals surface area contributed by atoms with Crippen molar-refractivity contribution in [1.82, 2.24) is 15.5 Å². The second-order valence-electron chi connectivity index (χ2n) is 18.4. The van der Waals surface area contributed by atoms with Crippen LogP contribution >= 0.6 is 0 Å². The number of allylic oxidation sites excluding steroid dienone is 3. The van der Waals surface area contributed by atoms with E-state index in [4.69, 9.17) is 23.9 Å². The van der Waals surface area contributed by atoms with Crippen molar-refractivity contribution in [3.8, 4) is 23.0 Å². The molecule has 0 bridgehead atoms. The number of rotatable bonds is 20. The molecule has 18 heteroatoms. The first-order chi connectivity index (χ1) is 35.7. The Morgan fingerprint density at radius 2 is 1.46 bits per heavy atom. The molecule has 0 unspecified atom stereocenters. The van der Waals surface area contributed by atoms with E-state index in [0.717, 1.165) is 22.5 Å². The SMILES string of the molecule is C=CC1=C(/C=C\C)C[C@H]2CNc3cc(OCc4cc(COc5cc6c(cc5OC)C(=O)N5c7ccccc7C[C@H]5C=N6)cc(NC(=O)[C@H](C)NC(=O)[C@H](C)NC(=O)CCCCC(=O)OC)c4)c(OC)cc3C(=O)N12. The summed E-state index contributed by atoms with van der Waals surface area (Å²) < 4.78 is 29.0. The van der Waals surface area contributed by atoms with Gasteiger partial charge >= 0.3 is 5.97 Å². The van der Waals surface area contributed by atoms with Gasteiger partial charge in [-0.3, -0.25) is 38.7 Å². The number of amides is 5. The van der Waals surface area contributed by atoms with E-state index in [1.165, 1.54) is 35.2 Å². The number of esters is 1. The second-order valence-corrected chi connectivity index (χ2v) is 18.4. The number of anilines is 3. The molecular formula is C56H61N7O11. The summed E-state index contributed by atoms with van der Waals surface area (Å²) in [7, 11) is 4.29. The summed E-state index contributed by atoms with van der Waals surface area (Å²) in [4.78, 5) is 87.3. The lowest BCUT2D eigenvalue weighted by atomic mass is 10.1. The Kier molecular flexibility index (Phi) is 16.1. The van der Waals surface area contributed by atoms with Crippen molar-refractivity contribution >= 4 is 64.5 Å². The molecule has 0 spiro atoms. The molecule has 0 aliphatic carbocycles. The maximum absolute atomic E-state index is 14.2. The number of methoxy groups -OCH3 is 3. The largest absolute Gasteiger partial charge is 0.493 e. The van der Waals surface area contributed by atoms with Crippen LogP contribution in [0.1, 0.15) is 90.3 Å². The number of carbonyl (C=O) groups excluding carboxylic acids is 6. The van der Waals surface area contributed by atoms with Crippen LogP contribution in [0.4, 0.5) is 22.7 Å². The van der Waals surface area contributed by atoms with Crippen molar-refractivity contribution in [1.29, 1.82) is 0 Å². The third-order valence-corrected chi connectivity index (χ3v) is 13.3. The Balaban J connectivity index is 1.01. The summed E-state index contributed by atoms with van der Waals surface area (Å²) in [5, 5.41) is 11.7. The fraction of sp³-hybridized carbons (Fsp3) is 0.339. The minimum absolute atomic E-state index is 0.0173. The number of nitrogens with zero attached hydrogens (tertiary/aromatic N) is 3. The normalized spacial score (nSPS) is 17.1. The van der Waals surface area contributed by atoms with E-state index in [2.05, 4.69) is 32.6 Å². The Labute approximate surface area is 429 Å². The van der Waals surface area contributed by atoms with Crippen LogP contribution in [0.5, 0.6) is 23.0 Å². The molecule has 5 amide bonds. The number of aliphatic imine (C=N–C) groups is 1. The molecule has 4 N–H and O–H groups in total. The summed E-state index contributed by atoms with van der Waals surface area (Å²) in [6.07, 6.45) is 9.96. The highest BCUT2D eigenvalue weighted by Crippen LogP contribution is 2.43. The number of para-hydroxylation sites is 1. The van der Waals surface area contributed by atoms with Gasteiger partial charge in [0.15, 0.2) is 23.0 Å². The van der Waals surface area contributed by atoms with Gasteiger partial charge in [0.05, 0.1) is 55.9 Å². The van der Waals surface area contributed by atoms with Gasteiger partial charge in [0.1, 0.15) is 25.3 Å². The third kappa shape index (κ3) is 11.3. The van der Waals surface area contributed by atoms with Crippen LogP contribution in [0.25, 0.3) is 0 Å². The number of ether oxygens (including phenoxy) is 5. The Morgan fingerprint density at radius 3 is 2.15 bits per heavy atom. The summed E-state index contributed by atoms with van der Waals surface area (Å²) in [6, 6.07) is 17.5. The van der Waals surface area contributed by atoms with Gasteiger partial charge in [-0.25, -0.2) is 0 Å². The first-order valence-electron chi connectivity index (χ1n) is 24.5. The topological polar surface area (TPSA) is 216 Å². The molecule has 0 saturated carbocycles. The van der Waals surface area contributed by atoms with Crippen molar-refractivity contribution in [2.24, 2.45) is 4.99 Å². The fourth-order valence-electron chi connectivity index (χ4n) is 9.54. The fourth-order valence-corrected chi connectivity index (χ4v) is 9.54. The number of nitrogens with one attached hydrogen (secondary N) is 4. The number of fused-ring (bicyclic) bond motifs is 6. The van der Waals surface area contributed by atoms with Crippen LogP contribution in [-0.2, 0) is 43.5 Å². The maximum Gasteiger partial charge on any atom is 0.305 e. The van der Waals surface area contributed by atoms with Gasteiger partial charge in [0.2, 0.25) is 17.7 Å². The molecule has 8 rings (SSSR count). The number of unbranched alkanes of at least 4 members (excludes halogenated alkanes) is 1. The van der Waals surface area contributed by atoms with E-state index >= 15 is 0 Å². The summed E-state index contributed by atoms with van der Waals surface area (Å²) in [6.45, 7) is 9.42. The zero-order valence-corrected chi connectivity index (χ0v) is 42.4. The van der Waals surface area contributed by atoms with E-state index in [1.807, 2.05) is 49.4 Å². The molecule has 74 heavy (non-hydrogen) atoms. The lowest BCUT2D eigenvalue weighted by molar-refractivity contribution is -0.140. The molecule has 4 heterocycles. The predicted octanol–water partition coefficient (Wildman–Crippen LogP) is 7.49. The van der Waals surface area contributed by atoms with Crippen LogP contribution in [-0.4, -0.2) is 98.7 Å². The minimum Gasteiger partial charge on any atom is -0.493 e.